The van der Waals surface area contributed by atoms with Crippen molar-refractivity contribution in [2.75, 3.05) is 6.61 Å². The number of carboxylic acids is 1. The molecule has 0 aliphatic carbocycles. The van der Waals surface area contributed by atoms with Crippen LogP contribution < -0.4 is 4.74 Å². The van der Waals surface area contributed by atoms with Crippen molar-refractivity contribution < 1.29 is 19.7 Å². The Morgan fingerprint density at radius 2 is 2.00 bits per heavy atom. The van der Waals surface area contributed by atoms with Crippen LogP contribution in [0.4, 0.5) is 0 Å². The van der Waals surface area contributed by atoms with Gasteiger partial charge in [-0.2, -0.15) is 0 Å². The Morgan fingerprint density at radius 3 is 2.50 bits per heavy atom. The molecule has 0 saturated carbocycles. The van der Waals surface area contributed by atoms with E-state index in [1.54, 1.807) is 0 Å². The van der Waals surface area contributed by atoms with Gasteiger partial charge in [-0.05, 0) is 43.0 Å². The van der Waals surface area contributed by atoms with Crippen LogP contribution in [0.5, 0.6) is 5.75 Å². The quantitative estimate of drug-likeness (QED) is 0.844. The van der Waals surface area contributed by atoms with Crippen molar-refractivity contribution in [1.29, 1.82) is 0 Å². The van der Waals surface area contributed by atoms with Gasteiger partial charge in [0.25, 0.3) is 0 Å². The van der Waals surface area contributed by atoms with E-state index in [2.05, 4.69) is 19.9 Å². The maximum absolute atomic E-state index is 10.8. The highest BCUT2D eigenvalue weighted by Crippen LogP contribution is 2.23. The molecular weight excluding hydrogens is 232 g/mol. The van der Waals surface area contributed by atoms with E-state index in [9.17, 15) is 9.90 Å². The van der Waals surface area contributed by atoms with Gasteiger partial charge in [0.2, 0.25) is 0 Å². The first kappa shape index (κ1) is 14.5. The molecule has 100 valence electrons. The summed E-state index contributed by atoms with van der Waals surface area (Å²) in [5.41, 5.74) is 0.299. The molecule has 1 unspecified atom stereocenters. The van der Waals surface area contributed by atoms with Crippen LogP contribution in [0.3, 0.4) is 0 Å². The van der Waals surface area contributed by atoms with Crippen molar-refractivity contribution >= 4 is 5.97 Å². The maximum atomic E-state index is 10.8. The third-order valence-electron chi connectivity index (χ3n) is 2.72. The van der Waals surface area contributed by atoms with Crippen LogP contribution in [0, 0.1) is 6.92 Å². The Morgan fingerprint density at radius 1 is 1.39 bits per heavy atom. The van der Waals surface area contributed by atoms with E-state index in [0.29, 0.717) is 11.7 Å². The standard InChI is InChI=1S/C14H20O4/c1-9(2)11-5-10(3)6-12(7-11)18-8-14(4,17)13(15)16/h5-7,9,17H,8H2,1-4H3,(H,15,16). The first-order valence-electron chi connectivity index (χ1n) is 5.92. The highest BCUT2D eigenvalue weighted by Gasteiger charge is 2.30. The number of carbonyl (C=O) groups is 1. The van der Waals surface area contributed by atoms with Gasteiger partial charge >= 0.3 is 5.97 Å². The average Bonchev–Trinajstić information content (AvgIpc) is 2.25. The fourth-order valence-corrected chi connectivity index (χ4v) is 1.48. The molecule has 0 bridgehead atoms. The summed E-state index contributed by atoms with van der Waals surface area (Å²) in [5.74, 6) is -0.341. The van der Waals surface area contributed by atoms with Gasteiger partial charge in [-0.3, -0.25) is 0 Å². The fourth-order valence-electron chi connectivity index (χ4n) is 1.48. The summed E-state index contributed by atoms with van der Waals surface area (Å²) in [4.78, 5) is 10.8. The lowest BCUT2D eigenvalue weighted by molar-refractivity contribution is -0.159. The summed E-state index contributed by atoms with van der Waals surface area (Å²) in [5, 5.41) is 18.4. The third kappa shape index (κ3) is 3.74. The minimum absolute atomic E-state index is 0.274. The molecule has 4 nitrogen and oxygen atoms in total. The van der Waals surface area contributed by atoms with Crippen LogP contribution in [0.2, 0.25) is 0 Å². The number of aliphatic carboxylic acids is 1. The van der Waals surface area contributed by atoms with Crippen molar-refractivity contribution in [2.45, 2.75) is 39.2 Å². The van der Waals surface area contributed by atoms with Gasteiger partial charge in [-0.1, -0.05) is 19.9 Å². The van der Waals surface area contributed by atoms with Gasteiger partial charge in [-0.15, -0.1) is 0 Å². The topological polar surface area (TPSA) is 66.8 Å². The minimum Gasteiger partial charge on any atom is -0.490 e. The Labute approximate surface area is 107 Å². The number of aliphatic hydroxyl groups is 1. The number of hydrogen-bond acceptors (Lipinski definition) is 3. The van der Waals surface area contributed by atoms with Gasteiger partial charge in [0.1, 0.15) is 12.4 Å². The normalized spacial score (nSPS) is 14.3. The lowest BCUT2D eigenvalue weighted by Crippen LogP contribution is -2.41. The van der Waals surface area contributed by atoms with Crippen LogP contribution in [0.1, 0.15) is 37.8 Å². The van der Waals surface area contributed by atoms with E-state index in [-0.39, 0.29) is 6.61 Å². The van der Waals surface area contributed by atoms with E-state index in [1.165, 1.54) is 6.92 Å². The number of carboxylic acid groups (broad SMARTS) is 1. The van der Waals surface area contributed by atoms with E-state index >= 15 is 0 Å². The maximum Gasteiger partial charge on any atom is 0.339 e. The highest BCUT2D eigenvalue weighted by molar-refractivity contribution is 5.76. The molecule has 1 rings (SSSR count). The number of aryl methyl sites for hydroxylation is 1. The predicted octanol–water partition coefficient (Wildman–Crippen LogP) is 2.33. The van der Waals surface area contributed by atoms with Crippen molar-refractivity contribution in [3.8, 4) is 5.75 Å². The smallest absolute Gasteiger partial charge is 0.339 e. The molecule has 0 amide bonds. The molecule has 1 atom stereocenters. The van der Waals surface area contributed by atoms with Crippen LogP contribution in [-0.4, -0.2) is 28.4 Å². The SMILES string of the molecule is Cc1cc(OCC(C)(O)C(=O)O)cc(C(C)C)c1. The predicted molar refractivity (Wildman–Crippen MR) is 69.0 cm³/mol. The number of benzene rings is 1. The fraction of sp³-hybridized carbons (Fsp3) is 0.500. The number of rotatable bonds is 5. The first-order chi connectivity index (χ1) is 8.22. The lowest BCUT2D eigenvalue weighted by atomic mass is 10.0. The summed E-state index contributed by atoms with van der Waals surface area (Å²) in [6, 6.07) is 5.76. The second-order valence-electron chi connectivity index (χ2n) is 5.10. The lowest BCUT2D eigenvalue weighted by Gasteiger charge is -2.19. The summed E-state index contributed by atoms with van der Waals surface area (Å²) >= 11 is 0. The Hall–Kier alpha value is -1.55. The van der Waals surface area contributed by atoms with E-state index < -0.39 is 11.6 Å². The van der Waals surface area contributed by atoms with Crippen LogP contribution >= 0.6 is 0 Å². The molecular formula is C14H20O4. The molecule has 0 radical (unpaired) electrons. The molecule has 0 spiro atoms. The molecule has 0 aliphatic heterocycles. The van der Waals surface area contributed by atoms with E-state index in [4.69, 9.17) is 9.84 Å². The van der Waals surface area contributed by atoms with E-state index in [0.717, 1.165) is 11.1 Å². The summed E-state index contributed by atoms with van der Waals surface area (Å²) in [6.07, 6.45) is 0. The van der Waals surface area contributed by atoms with Crippen LogP contribution in [0.15, 0.2) is 18.2 Å². The summed E-state index contributed by atoms with van der Waals surface area (Å²) < 4.78 is 5.37. The van der Waals surface area contributed by atoms with Gasteiger partial charge in [-0.25, -0.2) is 4.79 Å². The number of hydrogen-bond donors (Lipinski definition) is 2. The van der Waals surface area contributed by atoms with Gasteiger partial charge in [0.15, 0.2) is 5.60 Å². The van der Waals surface area contributed by atoms with Crippen LogP contribution in [-0.2, 0) is 4.79 Å². The van der Waals surface area contributed by atoms with Crippen molar-refractivity contribution in [3.63, 3.8) is 0 Å². The highest BCUT2D eigenvalue weighted by atomic mass is 16.5. The molecule has 0 aromatic heterocycles. The Kier molecular flexibility index (Phi) is 4.35. The first-order valence-corrected chi connectivity index (χ1v) is 5.92. The second-order valence-corrected chi connectivity index (χ2v) is 5.10. The average molecular weight is 252 g/mol. The van der Waals surface area contributed by atoms with E-state index in [1.807, 2.05) is 19.1 Å². The van der Waals surface area contributed by atoms with Crippen molar-refractivity contribution in [3.05, 3.63) is 29.3 Å². The monoisotopic (exact) mass is 252 g/mol. The zero-order valence-corrected chi connectivity index (χ0v) is 11.2. The molecule has 1 aromatic carbocycles. The molecule has 18 heavy (non-hydrogen) atoms. The van der Waals surface area contributed by atoms with Gasteiger partial charge in [0.05, 0.1) is 0 Å². The molecule has 0 fully saturated rings. The van der Waals surface area contributed by atoms with Crippen molar-refractivity contribution in [1.82, 2.24) is 0 Å². The summed E-state index contributed by atoms with van der Waals surface area (Å²) in [6.45, 7) is 7.05. The molecule has 4 heteroatoms. The van der Waals surface area contributed by atoms with Crippen LogP contribution in [0.25, 0.3) is 0 Å². The molecule has 0 saturated heterocycles. The largest absolute Gasteiger partial charge is 0.490 e. The second kappa shape index (κ2) is 5.40. The van der Waals surface area contributed by atoms with Crippen molar-refractivity contribution in [2.24, 2.45) is 0 Å². The molecule has 2 N–H and O–H groups in total. The summed E-state index contributed by atoms with van der Waals surface area (Å²) in [7, 11) is 0. The van der Waals surface area contributed by atoms with Gasteiger partial charge in [0, 0.05) is 0 Å². The zero-order chi connectivity index (χ0) is 13.9. The Bertz CT molecular complexity index is 435. The Balaban J connectivity index is 2.82. The number of ether oxygens (including phenoxy) is 1. The third-order valence-corrected chi connectivity index (χ3v) is 2.72. The molecule has 0 aliphatic rings. The zero-order valence-electron chi connectivity index (χ0n) is 11.2. The minimum atomic E-state index is -1.87. The van der Waals surface area contributed by atoms with Gasteiger partial charge < -0.3 is 14.9 Å². The molecule has 1 aromatic rings. The molecule has 0 heterocycles.